The molecule has 1 saturated heterocycles. The first kappa shape index (κ1) is 24.4. The van der Waals surface area contributed by atoms with E-state index >= 15 is 0 Å². The van der Waals surface area contributed by atoms with Gasteiger partial charge >= 0.3 is 0 Å². The van der Waals surface area contributed by atoms with Crippen molar-refractivity contribution in [2.45, 2.75) is 54.9 Å². The van der Waals surface area contributed by atoms with Crippen molar-refractivity contribution in [3.8, 4) is 17.3 Å². The Kier molecular flexibility index (Phi) is 5.66. The predicted molar refractivity (Wildman–Crippen MR) is 131 cm³/mol. The lowest BCUT2D eigenvalue weighted by molar-refractivity contribution is -0.0704. The zero-order chi connectivity index (χ0) is 25.8. The van der Waals surface area contributed by atoms with Gasteiger partial charge in [0.15, 0.2) is 14.8 Å². The van der Waals surface area contributed by atoms with Crippen LogP contribution in [0.25, 0.3) is 11.3 Å². The second kappa shape index (κ2) is 8.36. The van der Waals surface area contributed by atoms with E-state index in [2.05, 4.69) is 31.6 Å². The fourth-order valence-corrected chi connectivity index (χ4v) is 7.27. The van der Waals surface area contributed by atoms with Gasteiger partial charge in [0.2, 0.25) is 5.95 Å². The number of aryl methyl sites for hydroxylation is 1. The fourth-order valence-electron chi connectivity index (χ4n) is 5.05. The molecule has 13 heteroatoms. The maximum atomic E-state index is 13.2. The molecule has 2 N–H and O–H groups in total. The molecular formula is C23H29N9O3S. The summed E-state index contributed by atoms with van der Waals surface area (Å²) in [6.45, 7) is 3.36. The highest BCUT2D eigenvalue weighted by Crippen LogP contribution is 2.51. The van der Waals surface area contributed by atoms with E-state index in [0.29, 0.717) is 37.6 Å². The van der Waals surface area contributed by atoms with E-state index in [1.54, 1.807) is 34.0 Å². The molecule has 0 radical (unpaired) electrons. The van der Waals surface area contributed by atoms with Crippen LogP contribution in [0.2, 0.25) is 0 Å². The molecule has 1 aliphatic carbocycles. The molecule has 190 valence electrons. The van der Waals surface area contributed by atoms with Crippen LogP contribution in [0.5, 0.6) is 0 Å². The van der Waals surface area contributed by atoms with Crippen molar-refractivity contribution >= 4 is 21.5 Å². The Morgan fingerprint density at radius 1 is 1.22 bits per heavy atom. The van der Waals surface area contributed by atoms with Crippen LogP contribution < -0.4 is 5.32 Å². The van der Waals surface area contributed by atoms with Crippen molar-refractivity contribution in [3.05, 3.63) is 37.1 Å². The highest BCUT2D eigenvalue weighted by Gasteiger charge is 2.64. The molecule has 0 bridgehead atoms. The van der Waals surface area contributed by atoms with Crippen LogP contribution in [-0.2, 0) is 22.4 Å². The first-order valence-corrected chi connectivity index (χ1v) is 13.2. The first-order chi connectivity index (χ1) is 17.0. The molecule has 2 aliphatic rings. The van der Waals surface area contributed by atoms with Gasteiger partial charge in [-0.3, -0.25) is 14.3 Å². The molecule has 1 aliphatic heterocycles. The van der Waals surface area contributed by atoms with E-state index in [1.807, 2.05) is 24.3 Å². The maximum Gasteiger partial charge on any atom is 0.227 e. The normalized spacial score (nSPS) is 19.2. The molecule has 1 saturated carbocycles. The maximum absolute atomic E-state index is 13.2. The van der Waals surface area contributed by atoms with E-state index < -0.39 is 25.2 Å². The monoisotopic (exact) mass is 511 g/mol. The highest BCUT2D eigenvalue weighted by molar-refractivity contribution is 7.93. The van der Waals surface area contributed by atoms with Gasteiger partial charge in [0.05, 0.1) is 36.3 Å². The molecule has 3 aromatic heterocycles. The number of nitriles is 1. The number of hydrogen-bond donors (Lipinski definition) is 2. The topological polar surface area (TPSA) is 155 Å². The molecule has 0 aromatic carbocycles. The average Bonchev–Trinajstić information content (AvgIpc) is 3.40. The number of likely N-dealkylation sites (tertiary alicyclic amines) is 1. The van der Waals surface area contributed by atoms with E-state index in [9.17, 15) is 18.8 Å². The Balaban J connectivity index is 1.38. The summed E-state index contributed by atoms with van der Waals surface area (Å²) in [5, 5.41) is 31.8. The third-order valence-corrected chi connectivity index (χ3v) is 10.2. The zero-order valence-electron chi connectivity index (χ0n) is 20.5. The van der Waals surface area contributed by atoms with E-state index in [-0.39, 0.29) is 6.42 Å². The molecule has 12 nitrogen and oxygen atoms in total. The lowest BCUT2D eigenvalue weighted by Gasteiger charge is -2.60. The lowest BCUT2D eigenvalue weighted by Crippen LogP contribution is -2.75. The lowest BCUT2D eigenvalue weighted by atomic mass is 9.80. The molecule has 0 unspecified atom stereocenters. The van der Waals surface area contributed by atoms with Gasteiger partial charge in [-0.2, -0.15) is 15.5 Å². The molecule has 4 heterocycles. The van der Waals surface area contributed by atoms with Crippen LogP contribution in [0, 0.1) is 11.3 Å². The van der Waals surface area contributed by atoms with Crippen LogP contribution in [-0.4, -0.2) is 70.8 Å². The Morgan fingerprint density at radius 3 is 2.56 bits per heavy atom. The van der Waals surface area contributed by atoms with Gasteiger partial charge in [-0.15, -0.1) is 0 Å². The number of nitrogens with one attached hydrogen (secondary N) is 1. The summed E-state index contributed by atoms with van der Waals surface area (Å²) in [6.07, 6.45) is 10.6. The van der Waals surface area contributed by atoms with Crippen LogP contribution >= 0.6 is 0 Å². The highest BCUT2D eigenvalue weighted by atomic mass is 32.2. The summed E-state index contributed by atoms with van der Waals surface area (Å²) < 4.78 is 29.9. The van der Waals surface area contributed by atoms with Crippen molar-refractivity contribution in [2.75, 3.05) is 18.4 Å². The first-order valence-electron chi connectivity index (χ1n) is 11.7. The van der Waals surface area contributed by atoms with Crippen molar-refractivity contribution in [2.24, 2.45) is 7.05 Å². The quantitative estimate of drug-likeness (QED) is 0.457. The summed E-state index contributed by atoms with van der Waals surface area (Å²) >= 11 is 0. The number of hydrogen-bond acceptors (Lipinski definition) is 10. The minimum absolute atomic E-state index is 0.181. The zero-order valence-corrected chi connectivity index (χ0v) is 21.3. The van der Waals surface area contributed by atoms with Crippen LogP contribution in [0.4, 0.5) is 11.6 Å². The number of aromatic nitrogens is 6. The van der Waals surface area contributed by atoms with Crippen molar-refractivity contribution < 1.29 is 13.5 Å². The van der Waals surface area contributed by atoms with E-state index in [4.69, 9.17) is 0 Å². The molecule has 0 amide bonds. The van der Waals surface area contributed by atoms with Crippen LogP contribution in [0.15, 0.2) is 37.1 Å². The van der Waals surface area contributed by atoms with Crippen molar-refractivity contribution in [3.63, 3.8) is 0 Å². The molecule has 36 heavy (non-hydrogen) atoms. The SMILES string of the molecule is Cn1cc(Nc2nccc(-c3cnn(C4(CC#N)CN(C5(S(=O)(=O)C(C)(C)O)CCC5)C4)c3)n2)cn1. The standard InChI is InChI=1S/C23H29N9O3S/c1-21(2,33)36(34,35)23(6-4-7-23)31-15-22(16-31,8-9-24)32-13-17(11-27-32)19-5-10-25-20(29-19)28-18-12-26-30(3)14-18/h5,10-14,33H,4,6-8,15-16H2,1-3H3,(H,25,28,29). The van der Waals surface area contributed by atoms with Gasteiger partial charge in [0, 0.05) is 44.3 Å². The number of sulfone groups is 1. The Hall–Kier alpha value is -3.34. The summed E-state index contributed by atoms with van der Waals surface area (Å²) in [4.78, 5) is 7.79. The van der Waals surface area contributed by atoms with Crippen molar-refractivity contribution in [1.82, 2.24) is 34.4 Å². The second-order valence-corrected chi connectivity index (χ2v) is 12.9. The molecule has 0 atom stereocenters. The minimum Gasteiger partial charge on any atom is -0.375 e. The van der Waals surface area contributed by atoms with Crippen molar-refractivity contribution in [1.29, 1.82) is 5.26 Å². The van der Waals surface area contributed by atoms with Gasteiger partial charge in [0.1, 0.15) is 10.4 Å². The van der Waals surface area contributed by atoms with Gasteiger partial charge in [0.25, 0.3) is 0 Å². The number of anilines is 2. The minimum atomic E-state index is -3.84. The Morgan fingerprint density at radius 2 is 1.97 bits per heavy atom. The van der Waals surface area contributed by atoms with Crippen LogP contribution in [0.1, 0.15) is 39.5 Å². The molecule has 0 spiro atoms. The van der Waals surface area contributed by atoms with E-state index in [0.717, 1.165) is 17.7 Å². The van der Waals surface area contributed by atoms with Gasteiger partial charge in [-0.05, 0) is 39.2 Å². The van der Waals surface area contributed by atoms with Gasteiger partial charge < -0.3 is 10.4 Å². The average molecular weight is 512 g/mol. The van der Waals surface area contributed by atoms with Gasteiger partial charge in [-0.1, -0.05) is 0 Å². The molecular weight excluding hydrogens is 482 g/mol. The van der Waals surface area contributed by atoms with Crippen LogP contribution in [0.3, 0.4) is 0 Å². The Bertz CT molecular complexity index is 1420. The molecule has 5 rings (SSSR count). The third-order valence-electron chi connectivity index (χ3n) is 7.23. The predicted octanol–water partition coefficient (Wildman–Crippen LogP) is 1.77. The largest absolute Gasteiger partial charge is 0.375 e. The number of aliphatic hydroxyl groups is 1. The fraction of sp³-hybridized carbons (Fsp3) is 0.522. The Labute approximate surface area is 209 Å². The van der Waals surface area contributed by atoms with Gasteiger partial charge in [-0.25, -0.2) is 18.4 Å². The summed E-state index contributed by atoms with van der Waals surface area (Å²) in [5.41, 5.74) is 1.52. The number of rotatable bonds is 8. The summed E-state index contributed by atoms with van der Waals surface area (Å²) in [7, 11) is -2.01. The number of nitrogens with zero attached hydrogens (tertiary/aromatic N) is 8. The molecule has 2 fully saturated rings. The smallest absolute Gasteiger partial charge is 0.227 e. The van der Waals surface area contributed by atoms with E-state index in [1.165, 1.54) is 13.8 Å². The summed E-state index contributed by atoms with van der Waals surface area (Å²) in [6, 6.07) is 4.02. The molecule has 3 aromatic rings. The summed E-state index contributed by atoms with van der Waals surface area (Å²) in [5.74, 6) is 0.415. The third kappa shape index (κ3) is 3.76. The second-order valence-electron chi connectivity index (χ2n) is 10.1.